The lowest BCUT2D eigenvalue weighted by Crippen LogP contribution is -2.23. The number of benzene rings is 1. The van der Waals surface area contributed by atoms with Crippen molar-refractivity contribution in [1.82, 2.24) is 10.3 Å². The first kappa shape index (κ1) is 15.1. The van der Waals surface area contributed by atoms with Crippen LogP contribution in [0.4, 0.5) is 0 Å². The number of aromatic nitrogens is 1. The van der Waals surface area contributed by atoms with E-state index in [1.54, 1.807) is 23.1 Å². The first-order valence-electron chi connectivity index (χ1n) is 7.11. The molecule has 2 aromatic heterocycles. The summed E-state index contributed by atoms with van der Waals surface area (Å²) in [4.78, 5) is 18.3. The summed E-state index contributed by atoms with van der Waals surface area (Å²) in [6, 6.07) is 13.8. The maximum absolute atomic E-state index is 12.5. The van der Waals surface area contributed by atoms with Gasteiger partial charge in [-0.1, -0.05) is 31.2 Å². The number of para-hydroxylation sites is 1. The van der Waals surface area contributed by atoms with Crippen LogP contribution in [0.1, 0.15) is 22.2 Å². The minimum atomic E-state index is -0.0670. The zero-order valence-corrected chi connectivity index (χ0v) is 13.8. The highest BCUT2D eigenvalue weighted by Crippen LogP contribution is 2.25. The van der Waals surface area contributed by atoms with Gasteiger partial charge in [-0.25, -0.2) is 4.98 Å². The van der Waals surface area contributed by atoms with Gasteiger partial charge in [0.15, 0.2) is 0 Å². The molecule has 0 spiro atoms. The predicted octanol–water partition coefficient (Wildman–Crippen LogP) is 4.34. The molecule has 0 unspecified atom stereocenters. The Labute approximate surface area is 137 Å². The molecule has 0 radical (unpaired) electrons. The van der Waals surface area contributed by atoms with Crippen molar-refractivity contribution in [2.45, 2.75) is 18.5 Å². The van der Waals surface area contributed by atoms with Crippen molar-refractivity contribution < 1.29 is 4.79 Å². The first-order valence-corrected chi connectivity index (χ1v) is 8.97. The molecule has 1 N–H and O–H groups in total. The molecule has 22 heavy (non-hydrogen) atoms. The highest BCUT2D eigenvalue weighted by atomic mass is 32.2. The van der Waals surface area contributed by atoms with E-state index in [0.717, 1.165) is 26.6 Å². The molecule has 1 aromatic carbocycles. The third-order valence-electron chi connectivity index (χ3n) is 3.22. The molecule has 3 nitrogen and oxygen atoms in total. The quantitative estimate of drug-likeness (QED) is 0.709. The van der Waals surface area contributed by atoms with Crippen molar-refractivity contribution in [3.63, 3.8) is 0 Å². The lowest BCUT2D eigenvalue weighted by molar-refractivity contribution is 0.0948. The maximum Gasteiger partial charge on any atom is 0.254 e. The molecule has 0 saturated heterocycles. The topological polar surface area (TPSA) is 42.0 Å². The maximum atomic E-state index is 12.5. The van der Waals surface area contributed by atoms with Gasteiger partial charge in [-0.3, -0.25) is 4.79 Å². The smallest absolute Gasteiger partial charge is 0.254 e. The molecule has 0 saturated carbocycles. The number of pyridine rings is 1. The van der Waals surface area contributed by atoms with Crippen LogP contribution < -0.4 is 5.32 Å². The zero-order valence-electron chi connectivity index (χ0n) is 12.2. The number of amides is 1. The number of nitrogens with zero attached hydrogens (tertiary/aromatic N) is 1. The van der Waals surface area contributed by atoms with Crippen molar-refractivity contribution in [2.24, 2.45) is 0 Å². The van der Waals surface area contributed by atoms with E-state index in [9.17, 15) is 4.79 Å². The van der Waals surface area contributed by atoms with Gasteiger partial charge in [-0.05, 0) is 29.3 Å². The standard InChI is InChI=1S/C17H16N2OS2/c1-2-21-17-14(10-12-6-3-4-8-15(12)19-17)16(20)18-11-13-7-5-9-22-13/h3-10H,2,11H2,1H3,(H,18,20). The second-order valence-electron chi connectivity index (χ2n) is 4.73. The van der Waals surface area contributed by atoms with E-state index in [4.69, 9.17) is 0 Å². The van der Waals surface area contributed by atoms with Crippen molar-refractivity contribution >= 4 is 39.9 Å². The van der Waals surface area contributed by atoms with E-state index < -0.39 is 0 Å². The summed E-state index contributed by atoms with van der Waals surface area (Å²) in [5.74, 6) is 0.818. The van der Waals surface area contributed by atoms with Gasteiger partial charge in [-0.2, -0.15) is 0 Å². The van der Waals surface area contributed by atoms with Gasteiger partial charge < -0.3 is 5.32 Å². The number of thiophene rings is 1. The fraction of sp³-hybridized carbons (Fsp3) is 0.176. The van der Waals surface area contributed by atoms with E-state index in [1.165, 1.54) is 0 Å². The van der Waals surface area contributed by atoms with E-state index >= 15 is 0 Å². The van der Waals surface area contributed by atoms with Crippen LogP contribution in [0, 0.1) is 0 Å². The van der Waals surface area contributed by atoms with Crippen molar-refractivity contribution in [1.29, 1.82) is 0 Å². The molecule has 2 heterocycles. The number of hydrogen-bond acceptors (Lipinski definition) is 4. The number of rotatable bonds is 5. The van der Waals surface area contributed by atoms with Crippen LogP contribution in [-0.4, -0.2) is 16.6 Å². The summed E-state index contributed by atoms with van der Waals surface area (Å²) in [6.45, 7) is 2.62. The van der Waals surface area contributed by atoms with Crippen molar-refractivity contribution in [2.75, 3.05) is 5.75 Å². The average Bonchev–Trinajstić information content (AvgIpc) is 3.06. The SMILES string of the molecule is CCSc1nc2ccccc2cc1C(=O)NCc1cccs1. The Kier molecular flexibility index (Phi) is 4.75. The highest BCUT2D eigenvalue weighted by molar-refractivity contribution is 7.99. The minimum Gasteiger partial charge on any atom is -0.347 e. The molecular weight excluding hydrogens is 312 g/mol. The lowest BCUT2D eigenvalue weighted by Gasteiger charge is -2.10. The molecule has 0 bridgehead atoms. The Morgan fingerprint density at radius 3 is 2.91 bits per heavy atom. The molecule has 0 aliphatic rings. The summed E-state index contributed by atoms with van der Waals surface area (Å²) in [6.07, 6.45) is 0. The Balaban J connectivity index is 1.89. The molecule has 1 amide bonds. The van der Waals surface area contributed by atoms with E-state index in [0.29, 0.717) is 12.1 Å². The zero-order chi connectivity index (χ0) is 15.4. The van der Waals surface area contributed by atoms with Crippen molar-refractivity contribution in [3.8, 4) is 0 Å². The number of carbonyl (C=O) groups is 1. The van der Waals surface area contributed by atoms with Gasteiger partial charge in [0.1, 0.15) is 5.03 Å². The fourth-order valence-electron chi connectivity index (χ4n) is 2.18. The third kappa shape index (κ3) is 3.31. The first-order chi connectivity index (χ1) is 10.8. The fourth-order valence-corrected chi connectivity index (χ4v) is 3.57. The minimum absolute atomic E-state index is 0.0670. The van der Waals surface area contributed by atoms with Gasteiger partial charge in [0.05, 0.1) is 17.6 Å². The number of nitrogens with one attached hydrogen (secondary N) is 1. The van der Waals surface area contributed by atoms with Crippen molar-refractivity contribution in [3.05, 3.63) is 58.3 Å². The lowest BCUT2D eigenvalue weighted by atomic mass is 10.1. The van der Waals surface area contributed by atoms with Gasteiger partial charge in [0.25, 0.3) is 5.91 Å². The number of thioether (sulfide) groups is 1. The normalized spacial score (nSPS) is 10.8. The summed E-state index contributed by atoms with van der Waals surface area (Å²) in [5.41, 5.74) is 1.58. The van der Waals surface area contributed by atoms with Gasteiger partial charge in [0, 0.05) is 10.3 Å². The van der Waals surface area contributed by atoms with Gasteiger partial charge in [-0.15, -0.1) is 23.1 Å². The third-order valence-corrected chi connectivity index (χ3v) is 4.97. The summed E-state index contributed by atoms with van der Waals surface area (Å²) in [5, 5.41) is 6.78. The Morgan fingerprint density at radius 1 is 1.27 bits per heavy atom. The molecule has 0 fully saturated rings. The van der Waals surface area contributed by atoms with Gasteiger partial charge >= 0.3 is 0 Å². The number of carbonyl (C=O) groups excluding carboxylic acids is 1. The molecule has 112 valence electrons. The molecule has 5 heteroatoms. The molecule has 0 aliphatic carbocycles. The van der Waals surface area contributed by atoms with E-state index in [2.05, 4.69) is 17.2 Å². The largest absolute Gasteiger partial charge is 0.347 e. The summed E-state index contributed by atoms with van der Waals surface area (Å²) < 4.78 is 0. The monoisotopic (exact) mass is 328 g/mol. The van der Waals surface area contributed by atoms with Crippen LogP contribution >= 0.6 is 23.1 Å². The predicted molar refractivity (Wildman–Crippen MR) is 93.6 cm³/mol. The average molecular weight is 328 g/mol. The summed E-state index contributed by atoms with van der Waals surface area (Å²) in [7, 11) is 0. The number of hydrogen-bond donors (Lipinski definition) is 1. The van der Waals surface area contributed by atoms with Crippen LogP contribution in [0.5, 0.6) is 0 Å². The van der Waals surface area contributed by atoms with Crippen LogP contribution in [0.3, 0.4) is 0 Å². The Bertz CT molecular complexity index is 784. The molecular formula is C17H16N2OS2. The molecule has 0 atom stereocenters. The molecule has 0 aliphatic heterocycles. The van der Waals surface area contributed by atoms with E-state index in [-0.39, 0.29) is 5.91 Å². The second-order valence-corrected chi connectivity index (χ2v) is 7.01. The van der Waals surface area contributed by atoms with Gasteiger partial charge in [0.2, 0.25) is 0 Å². The highest BCUT2D eigenvalue weighted by Gasteiger charge is 2.14. The Morgan fingerprint density at radius 2 is 2.14 bits per heavy atom. The van der Waals surface area contributed by atoms with Crippen LogP contribution in [0.25, 0.3) is 10.9 Å². The molecule has 3 aromatic rings. The van der Waals surface area contributed by atoms with Crippen LogP contribution in [0.2, 0.25) is 0 Å². The second kappa shape index (κ2) is 6.94. The summed E-state index contributed by atoms with van der Waals surface area (Å²) >= 11 is 3.24. The molecule has 3 rings (SSSR count). The van der Waals surface area contributed by atoms with E-state index in [1.807, 2.05) is 47.8 Å². The van der Waals surface area contributed by atoms with Crippen LogP contribution in [-0.2, 0) is 6.54 Å². The Hall–Kier alpha value is -1.85. The van der Waals surface area contributed by atoms with Crippen LogP contribution in [0.15, 0.2) is 52.9 Å². The number of fused-ring (bicyclic) bond motifs is 1.